The van der Waals surface area contributed by atoms with Crippen LogP contribution in [0.5, 0.6) is 0 Å². The fraction of sp³-hybridized carbons (Fsp3) is 0.579. The first-order valence-corrected chi connectivity index (χ1v) is 9.21. The van der Waals surface area contributed by atoms with Gasteiger partial charge in [0.15, 0.2) is 0 Å². The summed E-state index contributed by atoms with van der Waals surface area (Å²) in [4.78, 5) is 25.6. The first-order valence-electron chi connectivity index (χ1n) is 9.21. The third kappa shape index (κ3) is 8.05. The van der Waals surface area contributed by atoms with E-state index >= 15 is 0 Å². The number of carbonyl (C=O) groups is 2. The van der Waals surface area contributed by atoms with Crippen molar-refractivity contribution in [1.29, 1.82) is 0 Å². The highest BCUT2D eigenvalue weighted by molar-refractivity contribution is 5.92. The molecule has 0 unspecified atom stereocenters. The van der Waals surface area contributed by atoms with Crippen molar-refractivity contribution in [2.24, 2.45) is 17.6 Å². The van der Waals surface area contributed by atoms with E-state index < -0.39 is 0 Å². The van der Waals surface area contributed by atoms with Crippen LogP contribution in [0.1, 0.15) is 31.2 Å². The summed E-state index contributed by atoms with van der Waals surface area (Å²) in [6.45, 7) is 3.90. The molecule has 2 amide bonds. The zero-order chi connectivity index (χ0) is 17.6. The number of piperidine rings is 1. The molecule has 4 N–H and O–H groups in total. The van der Waals surface area contributed by atoms with Gasteiger partial charge in [-0.1, -0.05) is 12.1 Å². The molecular weight excluding hydrogens is 387 g/mol. The fourth-order valence-electron chi connectivity index (χ4n) is 3.30. The van der Waals surface area contributed by atoms with Gasteiger partial charge in [-0.05, 0) is 68.9 Å². The molecule has 6 nitrogen and oxygen atoms in total. The Balaban J connectivity index is 0.00000182. The molecule has 1 heterocycles. The predicted molar refractivity (Wildman–Crippen MR) is 112 cm³/mol. The largest absolute Gasteiger partial charge is 0.369 e. The average molecular weight is 417 g/mol. The SMILES string of the molecule is Cl.Cl.NC(=O)C1CCN(Cc2cccc(NC(=O)CNCC3CC3)c2)CC1. The maximum absolute atomic E-state index is 12.0. The fourth-order valence-corrected chi connectivity index (χ4v) is 3.30. The van der Waals surface area contributed by atoms with E-state index in [-0.39, 0.29) is 42.5 Å². The van der Waals surface area contributed by atoms with Gasteiger partial charge in [-0.2, -0.15) is 0 Å². The van der Waals surface area contributed by atoms with Crippen LogP contribution >= 0.6 is 24.8 Å². The number of nitrogens with one attached hydrogen (secondary N) is 2. The van der Waals surface area contributed by atoms with Crippen LogP contribution in [0.3, 0.4) is 0 Å². The maximum Gasteiger partial charge on any atom is 0.238 e. The molecule has 8 heteroatoms. The molecule has 1 aromatic carbocycles. The van der Waals surface area contributed by atoms with Gasteiger partial charge >= 0.3 is 0 Å². The van der Waals surface area contributed by atoms with Crippen molar-refractivity contribution in [2.75, 3.05) is 31.5 Å². The summed E-state index contributed by atoms with van der Waals surface area (Å²) in [6.07, 6.45) is 4.23. The molecule has 1 aromatic rings. The molecular formula is C19H30Cl2N4O2. The third-order valence-corrected chi connectivity index (χ3v) is 5.02. The molecule has 1 aliphatic carbocycles. The molecule has 2 fully saturated rings. The number of rotatable bonds is 8. The molecule has 1 aliphatic heterocycles. The number of benzene rings is 1. The van der Waals surface area contributed by atoms with Crippen LogP contribution in [0.2, 0.25) is 0 Å². The lowest BCUT2D eigenvalue weighted by molar-refractivity contribution is -0.123. The van der Waals surface area contributed by atoms with E-state index in [4.69, 9.17) is 5.73 Å². The predicted octanol–water partition coefficient (Wildman–Crippen LogP) is 2.17. The van der Waals surface area contributed by atoms with Crippen LogP contribution in [0, 0.1) is 11.8 Å². The zero-order valence-corrected chi connectivity index (χ0v) is 17.1. The summed E-state index contributed by atoms with van der Waals surface area (Å²) in [5, 5.41) is 6.16. The summed E-state index contributed by atoms with van der Waals surface area (Å²) < 4.78 is 0. The minimum absolute atomic E-state index is 0. The molecule has 1 saturated carbocycles. The van der Waals surface area contributed by atoms with Crippen molar-refractivity contribution in [3.8, 4) is 0 Å². The Bertz CT molecular complexity index is 617. The highest BCUT2D eigenvalue weighted by Crippen LogP contribution is 2.27. The topological polar surface area (TPSA) is 87.5 Å². The molecule has 0 radical (unpaired) electrons. The van der Waals surface area contributed by atoms with E-state index in [2.05, 4.69) is 21.6 Å². The van der Waals surface area contributed by atoms with Gasteiger partial charge in [0.25, 0.3) is 0 Å². The summed E-state index contributed by atoms with van der Waals surface area (Å²) in [6, 6.07) is 7.99. The van der Waals surface area contributed by atoms with Gasteiger partial charge in [0.2, 0.25) is 11.8 Å². The van der Waals surface area contributed by atoms with Crippen molar-refractivity contribution in [3.05, 3.63) is 29.8 Å². The monoisotopic (exact) mass is 416 g/mol. The minimum Gasteiger partial charge on any atom is -0.369 e. The number of carbonyl (C=O) groups excluding carboxylic acids is 2. The van der Waals surface area contributed by atoms with E-state index in [0.29, 0.717) is 6.54 Å². The van der Waals surface area contributed by atoms with Crippen LogP contribution < -0.4 is 16.4 Å². The maximum atomic E-state index is 12.0. The van der Waals surface area contributed by atoms with Gasteiger partial charge in [0.05, 0.1) is 6.54 Å². The second-order valence-corrected chi connectivity index (χ2v) is 7.28. The number of hydrogen-bond acceptors (Lipinski definition) is 4. The zero-order valence-electron chi connectivity index (χ0n) is 15.5. The van der Waals surface area contributed by atoms with Gasteiger partial charge in [-0.25, -0.2) is 0 Å². The Morgan fingerprint density at radius 3 is 2.44 bits per heavy atom. The van der Waals surface area contributed by atoms with Crippen LogP contribution in [0.4, 0.5) is 5.69 Å². The first-order chi connectivity index (χ1) is 12.1. The lowest BCUT2D eigenvalue weighted by atomic mass is 9.96. The number of amides is 2. The van der Waals surface area contributed by atoms with Gasteiger partial charge in [-0.3, -0.25) is 14.5 Å². The molecule has 1 saturated heterocycles. The first kappa shape index (κ1) is 23.7. The number of nitrogens with two attached hydrogens (primary N) is 1. The Kier molecular flexibility index (Phi) is 10.1. The van der Waals surface area contributed by atoms with E-state index in [1.807, 2.05) is 18.2 Å². The van der Waals surface area contributed by atoms with E-state index in [0.717, 1.165) is 50.6 Å². The number of anilines is 1. The smallest absolute Gasteiger partial charge is 0.238 e. The second-order valence-electron chi connectivity index (χ2n) is 7.28. The standard InChI is InChI=1S/C19H28N4O2.2ClH/c20-19(25)16-6-8-23(9-7-16)13-15-2-1-3-17(10-15)22-18(24)12-21-11-14-4-5-14;;/h1-3,10,14,16,21H,4-9,11-13H2,(H2,20,25)(H,22,24);2*1H. The Morgan fingerprint density at radius 1 is 1.11 bits per heavy atom. The van der Waals surface area contributed by atoms with E-state index in [9.17, 15) is 9.59 Å². The van der Waals surface area contributed by atoms with Crippen molar-refractivity contribution in [1.82, 2.24) is 10.2 Å². The summed E-state index contributed by atoms with van der Waals surface area (Å²) in [5.74, 6) is 0.611. The molecule has 0 spiro atoms. The van der Waals surface area contributed by atoms with E-state index in [1.165, 1.54) is 18.4 Å². The van der Waals surface area contributed by atoms with Crippen LogP contribution in [0.15, 0.2) is 24.3 Å². The molecule has 3 rings (SSSR count). The summed E-state index contributed by atoms with van der Waals surface area (Å²) in [5.41, 5.74) is 7.39. The van der Waals surface area contributed by atoms with Crippen molar-refractivity contribution < 1.29 is 9.59 Å². The lowest BCUT2D eigenvalue weighted by Gasteiger charge is -2.30. The second kappa shape index (κ2) is 11.5. The molecule has 152 valence electrons. The highest BCUT2D eigenvalue weighted by atomic mass is 35.5. The molecule has 0 atom stereocenters. The molecule has 2 aliphatic rings. The number of primary amides is 1. The average Bonchev–Trinajstić information content (AvgIpc) is 3.40. The minimum atomic E-state index is -0.181. The van der Waals surface area contributed by atoms with Crippen LogP contribution in [0.25, 0.3) is 0 Å². The van der Waals surface area contributed by atoms with Crippen LogP contribution in [-0.4, -0.2) is 42.9 Å². The van der Waals surface area contributed by atoms with Crippen LogP contribution in [-0.2, 0) is 16.1 Å². The van der Waals surface area contributed by atoms with Crippen molar-refractivity contribution >= 4 is 42.3 Å². The third-order valence-electron chi connectivity index (χ3n) is 5.02. The number of halogens is 2. The summed E-state index contributed by atoms with van der Waals surface area (Å²) in [7, 11) is 0. The Labute approximate surface area is 173 Å². The van der Waals surface area contributed by atoms with Gasteiger partial charge in [0.1, 0.15) is 0 Å². The van der Waals surface area contributed by atoms with Gasteiger partial charge < -0.3 is 16.4 Å². The quantitative estimate of drug-likeness (QED) is 0.605. The van der Waals surface area contributed by atoms with Gasteiger partial charge in [0, 0.05) is 18.2 Å². The van der Waals surface area contributed by atoms with E-state index in [1.54, 1.807) is 0 Å². The Hall–Kier alpha value is -1.34. The number of likely N-dealkylation sites (tertiary alicyclic amines) is 1. The number of hydrogen-bond donors (Lipinski definition) is 3. The molecule has 27 heavy (non-hydrogen) atoms. The number of nitrogens with zero attached hydrogens (tertiary/aromatic N) is 1. The van der Waals surface area contributed by atoms with Gasteiger partial charge in [-0.15, -0.1) is 24.8 Å². The van der Waals surface area contributed by atoms with Crippen molar-refractivity contribution in [2.45, 2.75) is 32.2 Å². The highest BCUT2D eigenvalue weighted by Gasteiger charge is 2.23. The molecule has 0 aromatic heterocycles. The molecule has 0 bridgehead atoms. The van der Waals surface area contributed by atoms with Crippen molar-refractivity contribution in [3.63, 3.8) is 0 Å². The Morgan fingerprint density at radius 2 is 1.81 bits per heavy atom. The summed E-state index contributed by atoms with van der Waals surface area (Å²) >= 11 is 0. The normalized spacial score (nSPS) is 17.5. The lowest BCUT2D eigenvalue weighted by Crippen LogP contribution is -2.38.